The van der Waals surface area contributed by atoms with Crippen LogP contribution in [-0.4, -0.2) is 170 Å². The predicted octanol–water partition coefficient (Wildman–Crippen LogP) is -7.97. The Morgan fingerprint density at radius 2 is 0.385 bits per heavy atom. The number of hydrogen-bond donors (Lipinski definition) is 8. The van der Waals surface area contributed by atoms with Crippen molar-refractivity contribution in [1.29, 1.82) is 0 Å². The van der Waals surface area contributed by atoms with E-state index in [1.54, 1.807) is 0 Å². The van der Waals surface area contributed by atoms with E-state index >= 15 is 0 Å². The molecule has 0 amide bonds. The zero-order chi connectivity index (χ0) is 9.00. The van der Waals surface area contributed by atoms with Crippen molar-refractivity contribution in [3.05, 3.63) is 0 Å². The van der Waals surface area contributed by atoms with E-state index in [0.29, 0.717) is 0 Å². The van der Waals surface area contributed by atoms with Crippen molar-refractivity contribution in [2.24, 2.45) is 0 Å². The third kappa shape index (κ3) is 202. The standard InChI is InChI=1S/3Ca.2H4O4Si.6H/c;;;2*1-5(2,3)4;;;;;;/h;;;2*1-4H;;;;;;. The van der Waals surface area contributed by atoms with E-state index in [0.717, 1.165) is 0 Å². The Labute approximate surface area is 166 Å². The van der Waals surface area contributed by atoms with Gasteiger partial charge in [-0.25, -0.2) is 0 Å². The molecule has 0 aromatic rings. The van der Waals surface area contributed by atoms with Crippen LogP contribution in [0, 0.1) is 0 Å². The molecular weight excluding hydrogens is 304 g/mol. The van der Waals surface area contributed by atoms with E-state index in [-0.39, 0.29) is 113 Å². The van der Waals surface area contributed by atoms with Gasteiger partial charge in [0.25, 0.3) is 0 Å². The van der Waals surface area contributed by atoms with E-state index in [1.165, 1.54) is 0 Å². The topological polar surface area (TPSA) is 162 Å². The van der Waals surface area contributed by atoms with E-state index in [2.05, 4.69) is 0 Å². The normalized spacial score (nSPS) is 9.23. The SMILES string of the molecule is O[Si](O)(O)O.O[Si](O)(O)O.[CaH2].[CaH2].[CaH2]. The van der Waals surface area contributed by atoms with Crippen LogP contribution in [0.5, 0.6) is 0 Å². The molecule has 0 saturated heterocycles. The molecule has 0 bridgehead atoms. The predicted molar refractivity (Wildman–Crippen MR) is 54.9 cm³/mol. The second-order valence-electron chi connectivity index (χ2n) is 1.20. The summed E-state index contributed by atoms with van der Waals surface area (Å²) in [4.78, 5) is 58.6. The molecule has 0 spiro atoms. The van der Waals surface area contributed by atoms with Crippen LogP contribution in [0.1, 0.15) is 0 Å². The fourth-order valence-electron chi connectivity index (χ4n) is 0. The Bertz CT molecular complexity index is 60.4. The Balaban J connectivity index is -0.0000000267. The van der Waals surface area contributed by atoms with Gasteiger partial charge in [-0.3, -0.25) is 0 Å². The number of rotatable bonds is 0. The molecule has 8 nitrogen and oxygen atoms in total. The molecule has 0 radical (unpaired) electrons. The van der Waals surface area contributed by atoms with Crippen LogP contribution in [0.3, 0.4) is 0 Å². The van der Waals surface area contributed by atoms with E-state index in [4.69, 9.17) is 38.4 Å². The molecule has 0 aliphatic carbocycles. The monoisotopic (exact) mass is 318 g/mol. The van der Waals surface area contributed by atoms with E-state index < -0.39 is 18.1 Å². The molecule has 0 aromatic carbocycles. The van der Waals surface area contributed by atoms with Crippen molar-refractivity contribution in [3.8, 4) is 0 Å². The quantitative estimate of drug-likeness (QED) is 0.204. The molecule has 8 N–H and O–H groups in total. The van der Waals surface area contributed by atoms with Gasteiger partial charge in [0.1, 0.15) is 0 Å². The van der Waals surface area contributed by atoms with Gasteiger partial charge in [0.2, 0.25) is 0 Å². The first-order valence-corrected chi connectivity index (χ1v) is 5.37. The van der Waals surface area contributed by atoms with Crippen LogP contribution in [0.4, 0.5) is 0 Å². The second kappa shape index (κ2) is 14.0. The van der Waals surface area contributed by atoms with Crippen LogP contribution >= 0.6 is 0 Å². The fraction of sp³-hybridized carbons (Fsp3) is 0. The third-order valence-electron chi connectivity index (χ3n) is 0. The van der Waals surface area contributed by atoms with Gasteiger partial charge in [-0.05, 0) is 0 Å². The van der Waals surface area contributed by atoms with Gasteiger partial charge in [0, 0.05) is 0 Å². The molecule has 0 rings (SSSR count). The van der Waals surface area contributed by atoms with E-state index in [9.17, 15) is 0 Å². The van der Waals surface area contributed by atoms with Gasteiger partial charge in [0.15, 0.2) is 0 Å². The van der Waals surface area contributed by atoms with Gasteiger partial charge in [-0.15, -0.1) is 0 Å². The van der Waals surface area contributed by atoms with E-state index in [1.807, 2.05) is 0 Å². The van der Waals surface area contributed by atoms with Crippen LogP contribution < -0.4 is 0 Å². The van der Waals surface area contributed by atoms with Crippen molar-refractivity contribution in [2.75, 3.05) is 0 Å². The zero-order valence-corrected chi connectivity index (χ0v) is 6.58. The number of hydrogen-bond acceptors (Lipinski definition) is 8. The van der Waals surface area contributed by atoms with Crippen LogP contribution in [0.15, 0.2) is 0 Å². The van der Waals surface area contributed by atoms with Gasteiger partial charge in [0.05, 0.1) is 0 Å². The maximum atomic E-state index is 7.33. The summed E-state index contributed by atoms with van der Waals surface area (Å²) >= 11 is 0. The summed E-state index contributed by atoms with van der Waals surface area (Å²) in [7, 11) is -9.22. The molecular formula is H14Ca3O8Si2. The zero-order valence-electron chi connectivity index (χ0n) is 4.58. The average Bonchev–Trinajstić information content (AvgIpc) is 1.12. The summed E-state index contributed by atoms with van der Waals surface area (Å²) in [6, 6.07) is 0. The summed E-state index contributed by atoms with van der Waals surface area (Å²) in [5, 5.41) is 0. The molecule has 13 heteroatoms. The first-order chi connectivity index (χ1) is 4.00. The van der Waals surface area contributed by atoms with Crippen LogP contribution in [0.25, 0.3) is 0 Å². The van der Waals surface area contributed by atoms with Gasteiger partial charge in [-0.1, -0.05) is 0 Å². The third-order valence-corrected chi connectivity index (χ3v) is 0. The molecule has 0 fully saturated rings. The van der Waals surface area contributed by atoms with Crippen LogP contribution in [0.2, 0.25) is 0 Å². The minimum absolute atomic E-state index is 0. The summed E-state index contributed by atoms with van der Waals surface area (Å²) in [5.74, 6) is 0. The molecule has 0 unspecified atom stereocenters. The molecule has 0 saturated carbocycles. The Morgan fingerprint density at radius 1 is 0.385 bits per heavy atom. The average molecular weight is 319 g/mol. The van der Waals surface area contributed by atoms with Crippen molar-refractivity contribution in [2.45, 2.75) is 0 Å². The Kier molecular flexibility index (Phi) is 32.4. The first kappa shape index (κ1) is 30.2. The summed E-state index contributed by atoms with van der Waals surface area (Å²) in [6.45, 7) is 0. The first-order valence-electron chi connectivity index (χ1n) is 1.79. The van der Waals surface area contributed by atoms with Gasteiger partial charge in [-0.2, -0.15) is 0 Å². The molecule has 0 aromatic heterocycles. The molecule has 0 aliphatic heterocycles. The molecule has 0 heterocycles. The van der Waals surface area contributed by atoms with Crippen molar-refractivity contribution in [3.63, 3.8) is 0 Å². The summed E-state index contributed by atoms with van der Waals surface area (Å²) < 4.78 is 0. The van der Waals surface area contributed by atoms with Crippen molar-refractivity contribution < 1.29 is 38.4 Å². The van der Waals surface area contributed by atoms with Gasteiger partial charge < -0.3 is 38.4 Å². The van der Waals surface area contributed by atoms with Crippen molar-refractivity contribution >= 4 is 131 Å². The Hall–Kier alpha value is 3.89. The van der Waals surface area contributed by atoms with Gasteiger partial charge >= 0.3 is 131 Å². The molecule has 0 aliphatic rings. The summed E-state index contributed by atoms with van der Waals surface area (Å²) in [6.07, 6.45) is 0. The fourth-order valence-corrected chi connectivity index (χ4v) is 0. The van der Waals surface area contributed by atoms with Crippen LogP contribution in [-0.2, 0) is 0 Å². The molecule has 76 valence electrons. The summed E-state index contributed by atoms with van der Waals surface area (Å²) in [5.41, 5.74) is 0. The second-order valence-corrected chi connectivity index (χ2v) is 3.60. The molecule has 13 heavy (non-hydrogen) atoms. The van der Waals surface area contributed by atoms with Crippen molar-refractivity contribution in [1.82, 2.24) is 0 Å². The minimum atomic E-state index is -4.61. The maximum absolute atomic E-state index is 7.33. The Morgan fingerprint density at radius 3 is 0.385 bits per heavy atom. The molecule has 0 atom stereocenters.